The van der Waals surface area contributed by atoms with E-state index in [4.69, 9.17) is 16.3 Å². The number of aliphatic hydroxyl groups is 1. The van der Waals surface area contributed by atoms with Gasteiger partial charge in [-0.25, -0.2) is 0 Å². The number of rotatable bonds is 9. The van der Waals surface area contributed by atoms with Crippen molar-refractivity contribution in [2.24, 2.45) is 0 Å². The first-order valence-corrected chi connectivity index (χ1v) is 6.77. The predicted molar refractivity (Wildman–Crippen MR) is 76.2 cm³/mol. The lowest BCUT2D eigenvalue weighted by atomic mass is 10.1. The second-order valence-electron chi connectivity index (χ2n) is 4.35. The van der Waals surface area contributed by atoms with Crippen LogP contribution in [0.15, 0.2) is 36.9 Å². The van der Waals surface area contributed by atoms with Crippen LogP contribution in [0, 0.1) is 0 Å². The Labute approximate surface area is 114 Å². The van der Waals surface area contributed by atoms with E-state index in [1.165, 1.54) is 0 Å². The Kier molecular flexibility index (Phi) is 7.54. The molecular formula is C15H21ClO2. The van der Waals surface area contributed by atoms with Crippen molar-refractivity contribution in [1.29, 1.82) is 0 Å². The van der Waals surface area contributed by atoms with Gasteiger partial charge in [0.25, 0.3) is 0 Å². The number of hydrogen-bond acceptors (Lipinski definition) is 2. The summed E-state index contributed by atoms with van der Waals surface area (Å²) < 4.78 is 5.48. The van der Waals surface area contributed by atoms with E-state index in [0.29, 0.717) is 11.6 Å². The van der Waals surface area contributed by atoms with E-state index in [1.807, 2.05) is 6.08 Å². The van der Waals surface area contributed by atoms with E-state index in [2.05, 4.69) is 6.58 Å². The summed E-state index contributed by atoms with van der Waals surface area (Å²) >= 11 is 5.77. The number of ether oxygens (including phenoxy) is 1. The minimum Gasteiger partial charge on any atom is -0.491 e. The molecule has 1 unspecified atom stereocenters. The maximum atomic E-state index is 9.75. The van der Waals surface area contributed by atoms with Gasteiger partial charge in [0, 0.05) is 5.02 Å². The van der Waals surface area contributed by atoms with Crippen LogP contribution in [0.3, 0.4) is 0 Å². The van der Waals surface area contributed by atoms with Gasteiger partial charge in [-0.1, -0.05) is 30.5 Å². The van der Waals surface area contributed by atoms with Crippen molar-refractivity contribution < 1.29 is 9.84 Å². The topological polar surface area (TPSA) is 29.5 Å². The van der Waals surface area contributed by atoms with Gasteiger partial charge in [0.1, 0.15) is 12.4 Å². The zero-order chi connectivity index (χ0) is 13.2. The smallest absolute Gasteiger partial charge is 0.119 e. The molecule has 0 bridgehead atoms. The summed E-state index contributed by atoms with van der Waals surface area (Å²) in [6.07, 6.45) is 6.67. The first-order chi connectivity index (χ1) is 8.72. The minimum absolute atomic E-state index is 0.336. The minimum atomic E-state index is -0.399. The molecule has 0 amide bonds. The van der Waals surface area contributed by atoms with E-state index in [0.717, 1.165) is 37.9 Å². The van der Waals surface area contributed by atoms with Gasteiger partial charge >= 0.3 is 0 Å². The second kappa shape index (κ2) is 9.01. The lowest BCUT2D eigenvalue weighted by Crippen LogP contribution is -2.17. The summed E-state index contributed by atoms with van der Waals surface area (Å²) in [6.45, 7) is 4.02. The number of halogens is 1. The van der Waals surface area contributed by atoms with Gasteiger partial charge in [-0.15, -0.1) is 6.58 Å². The number of aliphatic hydroxyl groups excluding tert-OH is 1. The molecule has 0 aliphatic rings. The zero-order valence-electron chi connectivity index (χ0n) is 10.6. The van der Waals surface area contributed by atoms with Crippen LogP contribution >= 0.6 is 11.6 Å². The highest BCUT2D eigenvalue weighted by molar-refractivity contribution is 6.30. The van der Waals surface area contributed by atoms with Gasteiger partial charge < -0.3 is 9.84 Å². The molecule has 1 N–H and O–H groups in total. The monoisotopic (exact) mass is 268 g/mol. The maximum absolute atomic E-state index is 9.75. The third-order valence-electron chi connectivity index (χ3n) is 2.70. The summed E-state index contributed by atoms with van der Waals surface area (Å²) in [5.41, 5.74) is 0. The molecule has 0 aliphatic carbocycles. The van der Waals surface area contributed by atoms with E-state index < -0.39 is 6.10 Å². The van der Waals surface area contributed by atoms with E-state index in [1.54, 1.807) is 24.3 Å². The molecule has 1 aromatic rings. The molecule has 0 aromatic heterocycles. The molecule has 18 heavy (non-hydrogen) atoms. The molecule has 0 fully saturated rings. The second-order valence-corrected chi connectivity index (χ2v) is 4.78. The molecule has 0 heterocycles. The van der Waals surface area contributed by atoms with Crippen molar-refractivity contribution in [3.63, 3.8) is 0 Å². The molecule has 0 aliphatic heterocycles. The van der Waals surface area contributed by atoms with Crippen molar-refractivity contribution >= 4 is 11.6 Å². The fourth-order valence-corrected chi connectivity index (χ4v) is 1.78. The largest absolute Gasteiger partial charge is 0.491 e. The van der Waals surface area contributed by atoms with Gasteiger partial charge in [-0.3, -0.25) is 0 Å². The average Bonchev–Trinajstić information content (AvgIpc) is 2.38. The number of unbranched alkanes of at least 4 members (excludes halogenated alkanes) is 3. The highest BCUT2D eigenvalue weighted by Crippen LogP contribution is 2.16. The van der Waals surface area contributed by atoms with Crippen LogP contribution in [0.5, 0.6) is 5.75 Å². The SMILES string of the molecule is C=CCCCCCC(O)COc1ccc(Cl)cc1. The van der Waals surface area contributed by atoms with E-state index >= 15 is 0 Å². The molecule has 100 valence electrons. The van der Waals surface area contributed by atoms with E-state index in [-0.39, 0.29) is 0 Å². The summed E-state index contributed by atoms with van der Waals surface area (Å²) in [5.74, 6) is 0.741. The van der Waals surface area contributed by atoms with Crippen LogP contribution in [0.4, 0.5) is 0 Å². The average molecular weight is 269 g/mol. The Morgan fingerprint density at radius 1 is 1.22 bits per heavy atom. The molecule has 2 nitrogen and oxygen atoms in total. The number of hydrogen-bond donors (Lipinski definition) is 1. The Hall–Kier alpha value is -0.990. The molecule has 1 atom stereocenters. The van der Waals surface area contributed by atoms with E-state index in [9.17, 15) is 5.11 Å². The highest BCUT2D eigenvalue weighted by atomic mass is 35.5. The molecule has 1 rings (SSSR count). The molecule has 3 heteroatoms. The summed E-state index contributed by atoms with van der Waals surface area (Å²) in [6, 6.07) is 7.16. The number of benzene rings is 1. The highest BCUT2D eigenvalue weighted by Gasteiger charge is 2.04. The van der Waals surface area contributed by atoms with Gasteiger partial charge in [0.2, 0.25) is 0 Å². The first-order valence-electron chi connectivity index (χ1n) is 6.39. The Morgan fingerprint density at radius 3 is 2.61 bits per heavy atom. The zero-order valence-corrected chi connectivity index (χ0v) is 11.4. The van der Waals surface area contributed by atoms with Crippen molar-refractivity contribution in [2.75, 3.05) is 6.61 Å². The number of allylic oxidation sites excluding steroid dienone is 1. The first kappa shape index (κ1) is 15.1. The Balaban J connectivity index is 2.11. The summed E-state index contributed by atoms with van der Waals surface area (Å²) in [4.78, 5) is 0. The molecule has 1 aromatic carbocycles. The summed E-state index contributed by atoms with van der Waals surface area (Å²) in [5, 5.41) is 10.4. The van der Waals surface area contributed by atoms with Gasteiger partial charge in [-0.05, 0) is 43.5 Å². The van der Waals surface area contributed by atoms with Gasteiger partial charge in [0.15, 0.2) is 0 Å². The molecule has 0 saturated carbocycles. The standard InChI is InChI=1S/C15H21ClO2/c1-2-3-4-5-6-7-14(17)12-18-15-10-8-13(16)9-11-15/h2,8-11,14,17H,1,3-7,12H2. The van der Waals surface area contributed by atoms with Crippen LogP contribution in [0.1, 0.15) is 32.1 Å². The van der Waals surface area contributed by atoms with Crippen LogP contribution < -0.4 is 4.74 Å². The third kappa shape index (κ3) is 6.67. The van der Waals surface area contributed by atoms with Crippen LogP contribution in [-0.4, -0.2) is 17.8 Å². The summed E-state index contributed by atoms with van der Waals surface area (Å²) in [7, 11) is 0. The normalized spacial score (nSPS) is 12.1. The van der Waals surface area contributed by atoms with Gasteiger partial charge in [-0.2, -0.15) is 0 Å². The van der Waals surface area contributed by atoms with Crippen LogP contribution in [0.2, 0.25) is 5.02 Å². The predicted octanol–water partition coefficient (Wildman–Crippen LogP) is 4.22. The van der Waals surface area contributed by atoms with Crippen LogP contribution in [-0.2, 0) is 0 Å². The molecule has 0 saturated heterocycles. The van der Waals surface area contributed by atoms with Crippen molar-refractivity contribution in [2.45, 2.75) is 38.2 Å². The third-order valence-corrected chi connectivity index (χ3v) is 2.95. The maximum Gasteiger partial charge on any atom is 0.119 e. The Morgan fingerprint density at radius 2 is 1.94 bits per heavy atom. The van der Waals surface area contributed by atoms with Crippen LogP contribution in [0.25, 0.3) is 0 Å². The lowest BCUT2D eigenvalue weighted by Gasteiger charge is -2.12. The fraction of sp³-hybridized carbons (Fsp3) is 0.467. The van der Waals surface area contributed by atoms with Crippen molar-refractivity contribution in [3.8, 4) is 5.75 Å². The van der Waals surface area contributed by atoms with Crippen molar-refractivity contribution in [1.82, 2.24) is 0 Å². The quantitative estimate of drug-likeness (QED) is 0.537. The Bertz CT molecular complexity index is 335. The lowest BCUT2D eigenvalue weighted by molar-refractivity contribution is 0.0975. The molecule has 0 radical (unpaired) electrons. The fourth-order valence-electron chi connectivity index (χ4n) is 1.65. The van der Waals surface area contributed by atoms with Gasteiger partial charge in [0.05, 0.1) is 6.10 Å². The molecular weight excluding hydrogens is 248 g/mol. The van der Waals surface area contributed by atoms with Crippen molar-refractivity contribution in [3.05, 3.63) is 41.9 Å². The molecule has 0 spiro atoms.